The number of pyridine rings is 1. The van der Waals surface area contributed by atoms with Crippen molar-refractivity contribution in [3.63, 3.8) is 0 Å². The molecule has 0 aliphatic rings. The van der Waals surface area contributed by atoms with Crippen molar-refractivity contribution in [1.29, 1.82) is 0 Å². The van der Waals surface area contributed by atoms with Gasteiger partial charge in [-0.3, -0.25) is 9.88 Å². The molecule has 2 N–H and O–H groups in total. The van der Waals surface area contributed by atoms with Gasteiger partial charge in [0.15, 0.2) is 0 Å². The molecule has 3 heteroatoms. The molecule has 0 saturated carbocycles. The van der Waals surface area contributed by atoms with Gasteiger partial charge in [-0.2, -0.15) is 0 Å². The molecule has 0 aliphatic heterocycles. The molecular weight excluding hydrogens is 282 g/mol. The Labute approximate surface area is 140 Å². The summed E-state index contributed by atoms with van der Waals surface area (Å²) in [5.41, 5.74) is 8.38. The first-order chi connectivity index (χ1) is 10.9. The van der Waals surface area contributed by atoms with Crippen LogP contribution in [0.5, 0.6) is 0 Å². The van der Waals surface area contributed by atoms with E-state index in [1.54, 1.807) is 0 Å². The molecule has 124 valence electrons. The first kappa shape index (κ1) is 17.6. The van der Waals surface area contributed by atoms with Gasteiger partial charge in [-0.25, -0.2) is 0 Å². The van der Waals surface area contributed by atoms with Crippen LogP contribution < -0.4 is 5.73 Å². The van der Waals surface area contributed by atoms with E-state index in [1.807, 2.05) is 42.6 Å². The Hall–Kier alpha value is -1.71. The Morgan fingerprint density at radius 2 is 1.57 bits per heavy atom. The summed E-state index contributed by atoms with van der Waals surface area (Å²) in [5.74, 6) is 0. The fourth-order valence-electron chi connectivity index (χ4n) is 3.20. The number of nitrogens with two attached hydrogens (primary N) is 1. The van der Waals surface area contributed by atoms with E-state index in [9.17, 15) is 0 Å². The lowest BCUT2D eigenvalue weighted by atomic mass is 9.83. The summed E-state index contributed by atoms with van der Waals surface area (Å²) >= 11 is 0. The molecule has 0 amide bonds. The van der Waals surface area contributed by atoms with Crippen molar-refractivity contribution in [1.82, 2.24) is 9.88 Å². The van der Waals surface area contributed by atoms with Crippen LogP contribution in [-0.4, -0.2) is 28.5 Å². The van der Waals surface area contributed by atoms with E-state index < -0.39 is 5.54 Å². The zero-order valence-corrected chi connectivity index (χ0v) is 14.7. The van der Waals surface area contributed by atoms with Crippen molar-refractivity contribution >= 4 is 0 Å². The van der Waals surface area contributed by atoms with E-state index in [4.69, 9.17) is 5.73 Å². The second kappa shape index (κ2) is 7.71. The third kappa shape index (κ3) is 4.18. The summed E-state index contributed by atoms with van der Waals surface area (Å²) in [6.07, 6.45) is 2.66. The molecule has 1 heterocycles. The quantitative estimate of drug-likeness (QED) is 0.846. The molecule has 23 heavy (non-hydrogen) atoms. The van der Waals surface area contributed by atoms with Crippen LogP contribution >= 0.6 is 0 Å². The Morgan fingerprint density at radius 3 is 2.09 bits per heavy atom. The van der Waals surface area contributed by atoms with Gasteiger partial charge in [-0.1, -0.05) is 36.4 Å². The molecule has 0 radical (unpaired) electrons. The van der Waals surface area contributed by atoms with Crippen LogP contribution in [0.4, 0.5) is 0 Å². The van der Waals surface area contributed by atoms with Crippen molar-refractivity contribution < 1.29 is 0 Å². The number of hydrogen-bond donors (Lipinski definition) is 1. The SMILES string of the molecule is CC(C)N(CC[C@](N)(c1ccccc1)c1ccccn1)C(C)C. The highest BCUT2D eigenvalue weighted by Crippen LogP contribution is 2.29. The first-order valence-corrected chi connectivity index (χ1v) is 8.47. The highest BCUT2D eigenvalue weighted by atomic mass is 15.2. The van der Waals surface area contributed by atoms with Gasteiger partial charge in [0.2, 0.25) is 0 Å². The minimum absolute atomic E-state index is 0.499. The number of nitrogens with zero attached hydrogens (tertiary/aromatic N) is 2. The molecule has 0 spiro atoms. The first-order valence-electron chi connectivity index (χ1n) is 8.47. The Bertz CT molecular complexity index is 531. The number of benzene rings is 1. The van der Waals surface area contributed by atoms with E-state index >= 15 is 0 Å². The van der Waals surface area contributed by atoms with Crippen LogP contribution in [0.1, 0.15) is 45.4 Å². The van der Waals surface area contributed by atoms with E-state index in [0.717, 1.165) is 24.2 Å². The minimum Gasteiger partial charge on any atom is -0.316 e. The molecule has 0 saturated heterocycles. The molecule has 1 atom stereocenters. The molecule has 2 aromatic rings. The van der Waals surface area contributed by atoms with Crippen LogP contribution in [0, 0.1) is 0 Å². The van der Waals surface area contributed by atoms with E-state index in [1.165, 1.54) is 0 Å². The maximum Gasteiger partial charge on any atom is 0.0851 e. The van der Waals surface area contributed by atoms with Crippen LogP contribution in [-0.2, 0) is 5.54 Å². The molecule has 0 unspecified atom stereocenters. The highest BCUT2D eigenvalue weighted by molar-refractivity contribution is 5.34. The average molecular weight is 311 g/mol. The summed E-state index contributed by atoms with van der Waals surface area (Å²) in [4.78, 5) is 7.03. The Morgan fingerprint density at radius 1 is 0.957 bits per heavy atom. The van der Waals surface area contributed by atoms with Crippen molar-refractivity contribution in [3.05, 3.63) is 66.0 Å². The maximum absolute atomic E-state index is 6.90. The van der Waals surface area contributed by atoms with Gasteiger partial charge in [0, 0.05) is 24.8 Å². The van der Waals surface area contributed by atoms with Crippen LogP contribution in [0.3, 0.4) is 0 Å². The van der Waals surface area contributed by atoms with Crippen molar-refractivity contribution in [2.75, 3.05) is 6.54 Å². The molecule has 0 aliphatic carbocycles. The van der Waals surface area contributed by atoms with Crippen LogP contribution in [0.2, 0.25) is 0 Å². The lowest BCUT2D eigenvalue weighted by molar-refractivity contribution is 0.161. The fraction of sp³-hybridized carbons (Fsp3) is 0.450. The maximum atomic E-state index is 6.90. The molecule has 3 nitrogen and oxygen atoms in total. The monoisotopic (exact) mass is 311 g/mol. The highest BCUT2D eigenvalue weighted by Gasteiger charge is 2.32. The third-order valence-corrected chi connectivity index (χ3v) is 4.50. The Kier molecular flexibility index (Phi) is 5.91. The summed E-state index contributed by atoms with van der Waals surface area (Å²) in [6, 6.07) is 17.3. The Balaban J connectivity index is 2.32. The second-order valence-corrected chi connectivity index (χ2v) is 6.73. The number of rotatable bonds is 7. The van der Waals surface area contributed by atoms with E-state index in [0.29, 0.717) is 12.1 Å². The van der Waals surface area contributed by atoms with Gasteiger partial charge in [0.1, 0.15) is 0 Å². The van der Waals surface area contributed by atoms with Crippen molar-refractivity contribution in [2.24, 2.45) is 5.73 Å². The molecule has 2 rings (SSSR count). The van der Waals surface area contributed by atoms with Crippen molar-refractivity contribution in [2.45, 2.75) is 51.7 Å². The summed E-state index contributed by atoms with van der Waals surface area (Å²) in [6.45, 7) is 9.89. The smallest absolute Gasteiger partial charge is 0.0851 e. The zero-order chi connectivity index (χ0) is 16.9. The molecule has 1 aromatic heterocycles. The van der Waals surface area contributed by atoms with Crippen molar-refractivity contribution in [3.8, 4) is 0 Å². The van der Waals surface area contributed by atoms with E-state index in [-0.39, 0.29) is 0 Å². The average Bonchev–Trinajstić information content (AvgIpc) is 2.55. The standard InChI is InChI=1S/C20H29N3/c1-16(2)23(17(3)4)15-13-20(21,18-10-6-5-7-11-18)19-12-8-9-14-22-19/h5-12,14,16-17H,13,15,21H2,1-4H3/t20-/m0/s1. The van der Waals surface area contributed by atoms with Gasteiger partial charge in [0.25, 0.3) is 0 Å². The fourth-order valence-corrected chi connectivity index (χ4v) is 3.20. The predicted octanol–water partition coefficient (Wildman–Crippen LogP) is 3.79. The third-order valence-electron chi connectivity index (χ3n) is 4.50. The van der Waals surface area contributed by atoms with Gasteiger partial charge in [-0.05, 0) is 51.8 Å². The second-order valence-electron chi connectivity index (χ2n) is 6.73. The zero-order valence-electron chi connectivity index (χ0n) is 14.7. The van der Waals surface area contributed by atoms with Gasteiger partial charge in [0.05, 0.1) is 11.2 Å². The number of hydrogen-bond acceptors (Lipinski definition) is 3. The molecule has 0 bridgehead atoms. The van der Waals surface area contributed by atoms with E-state index in [2.05, 4.69) is 49.7 Å². The largest absolute Gasteiger partial charge is 0.316 e. The molecular formula is C20H29N3. The lowest BCUT2D eigenvalue weighted by Crippen LogP contribution is -2.45. The number of aromatic nitrogens is 1. The van der Waals surface area contributed by atoms with Crippen LogP contribution in [0.25, 0.3) is 0 Å². The summed E-state index contributed by atoms with van der Waals surface area (Å²) < 4.78 is 0. The van der Waals surface area contributed by atoms with Gasteiger partial charge >= 0.3 is 0 Å². The summed E-state index contributed by atoms with van der Waals surface area (Å²) in [7, 11) is 0. The normalized spacial score (nSPS) is 14.4. The summed E-state index contributed by atoms with van der Waals surface area (Å²) in [5, 5.41) is 0. The van der Waals surface area contributed by atoms with Crippen LogP contribution in [0.15, 0.2) is 54.7 Å². The topological polar surface area (TPSA) is 42.1 Å². The molecule has 0 fully saturated rings. The predicted molar refractivity (Wildman–Crippen MR) is 97.2 cm³/mol. The minimum atomic E-state index is -0.565. The molecule has 1 aromatic carbocycles. The van der Waals surface area contributed by atoms with Gasteiger partial charge < -0.3 is 5.73 Å². The lowest BCUT2D eigenvalue weighted by Gasteiger charge is -2.36. The van der Waals surface area contributed by atoms with Gasteiger partial charge in [-0.15, -0.1) is 0 Å².